The molecule has 0 spiro atoms. The molecule has 1 atom stereocenters. The maximum Gasteiger partial charge on any atom is 0.322 e. The molecule has 0 saturated carbocycles. The lowest BCUT2D eigenvalue weighted by Gasteiger charge is -2.13. The Bertz CT molecular complexity index is 600. The van der Waals surface area contributed by atoms with Crippen LogP contribution in [0.5, 0.6) is 6.01 Å². The number of nitrogens with one attached hydrogen (secondary N) is 1. The second kappa shape index (κ2) is 6.09. The van der Waals surface area contributed by atoms with Crippen molar-refractivity contribution >= 4 is 17.5 Å². The molecule has 20 heavy (non-hydrogen) atoms. The van der Waals surface area contributed by atoms with Gasteiger partial charge in [-0.15, -0.1) is 0 Å². The number of rotatable bonds is 5. The number of hydrogen-bond donors (Lipinski definition) is 1. The number of aromatic nitrogens is 3. The summed E-state index contributed by atoms with van der Waals surface area (Å²) in [7, 11) is 0. The van der Waals surface area contributed by atoms with E-state index in [9.17, 15) is 0 Å². The predicted octanol–water partition coefficient (Wildman–Crippen LogP) is 3.31. The molecule has 0 aromatic carbocycles. The molecule has 1 unspecified atom stereocenters. The molecule has 2 rings (SSSR count). The van der Waals surface area contributed by atoms with Gasteiger partial charge in [0.05, 0.1) is 12.6 Å². The number of hydrogen-bond acceptors (Lipinski definition) is 6. The van der Waals surface area contributed by atoms with Crippen LogP contribution in [0.1, 0.15) is 37.0 Å². The highest BCUT2D eigenvalue weighted by molar-refractivity contribution is 6.28. The van der Waals surface area contributed by atoms with Crippen LogP contribution < -0.4 is 10.1 Å². The third-order valence-corrected chi connectivity index (χ3v) is 2.92. The predicted molar refractivity (Wildman–Crippen MR) is 76.2 cm³/mol. The summed E-state index contributed by atoms with van der Waals surface area (Å²) < 4.78 is 10.8. The SMILES string of the molecule is CCOc1nc(Cl)nc(NC(C)c2cc(C)oc2C)n1. The van der Waals surface area contributed by atoms with Crippen LogP contribution in [0.15, 0.2) is 10.5 Å². The normalized spacial score (nSPS) is 12.2. The zero-order valence-corrected chi connectivity index (χ0v) is 12.7. The summed E-state index contributed by atoms with van der Waals surface area (Å²) in [6, 6.07) is 2.18. The average molecular weight is 297 g/mol. The lowest BCUT2D eigenvalue weighted by molar-refractivity contribution is 0.312. The van der Waals surface area contributed by atoms with Gasteiger partial charge in [0.25, 0.3) is 0 Å². The van der Waals surface area contributed by atoms with E-state index < -0.39 is 0 Å². The number of anilines is 1. The Hall–Kier alpha value is -1.82. The van der Waals surface area contributed by atoms with E-state index in [0.29, 0.717) is 12.6 Å². The van der Waals surface area contributed by atoms with Gasteiger partial charge in [-0.3, -0.25) is 0 Å². The Morgan fingerprint density at radius 2 is 2.10 bits per heavy atom. The Labute approximate surface area is 122 Å². The molecular weight excluding hydrogens is 280 g/mol. The van der Waals surface area contributed by atoms with Gasteiger partial charge < -0.3 is 14.5 Å². The molecule has 7 heteroatoms. The zero-order chi connectivity index (χ0) is 14.7. The van der Waals surface area contributed by atoms with Gasteiger partial charge >= 0.3 is 6.01 Å². The molecule has 6 nitrogen and oxygen atoms in total. The minimum absolute atomic E-state index is 0.0135. The summed E-state index contributed by atoms with van der Waals surface area (Å²) in [6.07, 6.45) is 0. The first-order valence-electron chi connectivity index (χ1n) is 6.37. The van der Waals surface area contributed by atoms with E-state index >= 15 is 0 Å². The van der Waals surface area contributed by atoms with Gasteiger partial charge in [0.15, 0.2) is 0 Å². The number of halogens is 1. The molecule has 2 aromatic rings. The molecule has 0 fully saturated rings. The van der Waals surface area contributed by atoms with Crippen LogP contribution in [-0.4, -0.2) is 21.6 Å². The highest BCUT2D eigenvalue weighted by Gasteiger charge is 2.15. The summed E-state index contributed by atoms with van der Waals surface area (Å²) in [4.78, 5) is 12.1. The first-order valence-corrected chi connectivity index (χ1v) is 6.75. The quantitative estimate of drug-likeness (QED) is 0.912. The Morgan fingerprint density at radius 3 is 2.70 bits per heavy atom. The summed E-state index contributed by atoms with van der Waals surface area (Å²) in [5.41, 5.74) is 1.05. The van der Waals surface area contributed by atoms with Crippen LogP contribution in [0, 0.1) is 13.8 Å². The van der Waals surface area contributed by atoms with Crippen molar-refractivity contribution in [2.75, 3.05) is 11.9 Å². The summed E-state index contributed by atoms with van der Waals surface area (Å²) in [5, 5.41) is 3.26. The molecule has 0 aliphatic rings. The van der Waals surface area contributed by atoms with Gasteiger partial charge in [-0.1, -0.05) is 0 Å². The molecule has 108 valence electrons. The van der Waals surface area contributed by atoms with Crippen LogP contribution in [0.2, 0.25) is 5.28 Å². The van der Waals surface area contributed by atoms with E-state index in [1.54, 1.807) is 0 Å². The van der Waals surface area contributed by atoms with Crippen LogP contribution in [0.25, 0.3) is 0 Å². The Kier molecular flexibility index (Phi) is 4.44. The molecule has 1 N–H and O–H groups in total. The van der Waals surface area contributed by atoms with Crippen molar-refractivity contribution in [2.45, 2.75) is 33.7 Å². The summed E-state index contributed by atoms with van der Waals surface area (Å²) in [5.74, 6) is 2.11. The van der Waals surface area contributed by atoms with Crippen molar-refractivity contribution < 1.29 is 9.15 Å². The number of nitrogens with zero attached hydrogens (tertiary/aromatic N) is 3. The highest BCUT2D eigenvalue weighted by Crippen LogP contribution is 2.24. The van der Waals surface area contributed by atoms with Crippen molar-refractivity contribution in [1.82, 2.24) is 15.0 Å². The Balaban J connectivity index is 2.18. The molecule has 0 aliphatic carbocycles. The minimum atomic E-state index is -0.0135. The lowest BCUT2D eigenvalue weighted by Crippen LogP contribution is -2.11. The van der Waals surface area contributed by atoms with E-state index in [4.69, 9.17) is 20.8 Å². The largest absolute Gasteiger partial charge is 0.466 e. The number of aryl methyl sites for hydroxylation is 2. The topological polar surface area (TPSA) is 73.1 Å². The maximum absolute atomic E-state index is 5.85. The number of furan rings is 1. The molecular formula is C13H17ClN4O2. The number of ether oxygens (including phenoxy) is 1. The fraction of sp³-hybridized carbons (Fsp3) is 0.462. The van der Waals surface area contributed by atoms with Crippen LogP contribution in [-0.2, 0) is 0 Å². The van der Waals surface area contributed by atoms with Crippen molar-refractivity contribution in [1.29, 1.82) is 0 Å². The second-order valence-corrected chi connectivity index (χ2v) is 4.72. The third-order valence-electron chi connectivity index (χ3n) is 2.75. The second-order valence-electron chi connectivity index (χ2n) is 4.38. The smallest absolute Gasteiger partial charge is 0.322 e. The van der Waals surface area contributed by atoms with Crippen molar-refractivity contribution in [3.8, 4) is 6.01 Å². The van der Waals surface area contributed by atoms with Crippen molar-refractivity contribution in [2.24, 2.45) is 0 Å². The highest BCUT2D eigenvalue weighted by atomic mass is 35.5. The fourth-order valence-electron chi connectivity index (χ4n) is 1.94. The van der Waals surface area contributed by atoms with E-state index in [1.807, 2.05) is 33.8 Å². The van der Waals surface area contributed by atoms with Gasteiger partial charge in [-0.25, -0.2) is 0 Å². The molecule has 0 amide bonds. The van der Waals surface area contributed by atoms with E-state index in [-0.39, 0.29) is 17.3 Å². The van der Waals surface area contributed by atoms with E-state index in [0.717, 1.165) is 17.1 Å². The van der Waals surface area contributed by atoms with Gasteiger partial charge in [0.1, 0.15) is 11.5 Å². The monoisotopic (exact) mass is 296 g/mol. The van der Waals surface area contributed by atoms with Crippen LogP contribution in [0.4, 0.5) is 5.95 Å². The first kappa shape index (κ1) is 14.6. The minimum Gasteiger partial charge on any atom is -0.466 e. The summed E-state index contributed by atoms with van der Waals surface area (Å²) >= 11 is 5.85. The molecule has 2 heterocycles. The fourth-order valence-corrected chi connectivity index (χ4v) is 2.09. The average Bonchev–Trinajstić information content (AvgIpc) is 2.68. The van der Waals surface area contributed by atoms with Crippen molar-refractivity contribution in [3.63, 3.8) is 0 Å². The van der Waals surface area contributed by atoms with E-state index in [1.165, 1.54) is 0 Å². The van der Waals surface area contributed by atoms with Gasteiger partial charge in [0.2, 0.25) is 11.2 Å². The van der Waals surface area contributed by atoms with E-state index in [2.05, 4.69) is 20.3 Å². The Morgan fingerprint density at radius 1 is 1.35 bits per heavy atom. The molecule has 0 aliphatic heterocycles. The lowest BCUT2D eigenvalue weighted by atomic mass is 10.1. The van der Waals surface area contributed by atoms with Gasteiger partial charge in [-0.2, -0.15) is 15.0 Å². The standard InChI is InChI=1S/C13H17ClN4O2/c1-5-19-13-17-11(14)16-12(18-13)15-8(3)10-6-7(2)20-9(10)4/h6,8H,5H2,1-4H3,(H,15,16,17,18). The van der Waals surface area contributed by atoms with Crippen molar-refractivity contribution in [3.05, 3.63) is 28.4 Å². The molecule has 0 radical (unpaired) electrons. The molecule has 0 bridgehead atoms. The van der Waals surface area contributed by atoms with Crippen LogP contribution in [0.3, 0.4) is 0 Å². The molecule has 2 aromatic heterocycles. The zero-order valence-electron chi connectivity index (χ0n) is 11.9. The summed E-state index contributed by atoms with van der Waals surface area (Å²) in [6.45, 7) is 8.15. The van der Waals surface area contributed by atoms with Gasteiger partial charge in [0, 0.05) is 5.56 Å². The maximum atomic E-state index is 5.85. The molecule has 0 saturated heterocycles. The van der Waals surface area contributed by atoms with Gasteiger partial charge in [-0.05, 0) is 45.4 Å². The third kappa shape index (κ3) is 3.39. The van der Waals surface area contributed by atoms with Crippen LogP contribution >= 0.6 is 11.6 Å². The first-order chi connectivity index (χ1) is 9.49.